The molecule has 0 fully saturated rings. The van der Waals surface area contributed by atoms with Gasteiger partial charge in [-0.05, 0) is 19.8 Å². The SMILES string of the molecule is CCC(O)(CC)CNC(C)CC(=O)O. The van der Waals surface area contributed by atoms with E-state index in [0.717, 1.165) is 0 Å². The van der Waals surface area contributed by atoms with E-state index < -0.39 is 11.6 Å². The van der Waals surface area contributed by atoms with E-state index in [-0.39, 0.29) is 12.5 Å². The molecule has 0 saturated carbocycles. The highest BCUT2D eigenvalue weighted by atomic mass is 16.4. The molecule has 0 aromatic heterocycles. The summed E-state index contributed by atoms with van der Waals surface area (Å²) in [5.41, 5.74) is -0.702. The average molecular weight is 203 g/mol. The lowest BCUT2D eigenvalue weighted by atomic mass is 9.97. The van der Waals surface area contributed by atoms with Crippen molar-refractivity contribution in [3.05, 3.63) is 0 Å². The van der Waals surface area contributed by atoms with Crippen molar-refractivity contribution in [2.24, 2.45) is 0 Å². The molecule has 3 N–H and O–H groups in total. The van der Waals surface area contributed by atoms with E-state index in [1.165, 1.54) is 0 Å². The quantitative estimate of drug-likeness (QED) is 0.577. The normalized spacial score (nSPS) is 14.0. The fraction of sp³-hybridized carbons (Fsp3) is 0.900. The van der Waals surface area contributed by atoms with Crippen molar-refractivity contribution in [2.75, 3.05) is 6.54 Å². The van der Waals surface area contributed by atoms with E-state index in [4.69, 9.17) is 5.11 Å². The Morgan fingerprint density at radius 3 is 2.29 bits per heavy atom. The average Bonchev–Trinajstić information content (AvgIpc) is 2.13. The Morgan fingerprint density at radius 1 is 1.43 bits per heavy atom. The number of hydrogen-bond acceptors (Lipinski definition) is 3. The van der Waals surface area contributed by atoms with Crippen LogP contribution in [0.2, 0.25) is 0 Å². The fourth-order valence-corrected chi connectivity index (χ4v) is 1.20. The molecule has 0 amide bonds. The van der Waals surface area contributed by atoms with Crippen LogP contribution in [0.1, 0.15) is 40.0 Å². The number of aliphatic carboxylic acids is 1. The van der Waals surface area contributed by atoms with Gasteiger partial charge in [-0.15, -0.1) is 0 Å². The molecule has 84 valence electrons. The number of aliphatic hydroxyl groups is 1. The lowest BCUT2D eigenvalue weighted by molar-refractivity contribution is -0.137. The van der Waals surface area contributed by atoms with Crippen molar-refractivity contribution < 1.29 is 15.0 Å². The molecular formula is C10H21NO3. The Kier molecular flexibility index (Phi) is 5.72. The summed E-state index contributed by atoms with van der Waals surface area (Å²) in [6.07, 6.45) is 1.44. The van der Waals surface area contributed by atoms with Crippen molar-refractivity contribution in [2.45, 2.75) is 51.7 Å². The summed E-state index contributed by atoms with van der Waals surface area (Å²) in [7, 11) is 0. The van der Waals surface area contributed by atoms with Crippen molar-refractivity contribution in [3.63, 3.8) is 0 Å². The summed E-state index contributed by atoms with van der Waals surface area (Å²) >= 11 is 0. The zero-order chi connectivity index (χ0) is 11.2. The summed E-state index contributed by atoms with van der Waals surface area (Å²) < 4.78 is 0. The van der Waals surface area contributed by atoms with Crippen LogP contribution in [-0.4, -0.2) is 34.4 Å². The molecule has 0 aliphatic carbocycles. The first-order chi connectivity index (χ1) is 6.43. The molecule has 1 unspecified atom stereocenters. The second kappa shape index (κ2) is 5.98. The maximum Gasteiger partial charge on any atom is 0.304 e. The molecule has 0 heterocycles. The van der Waals surface area contributed by atoms with E-state index in [0.29, 0.717) is 19.4 Å². The van der Waals surface area contributed by atoms with Crippen LogP contribution in [-0.2, 0) is 4.79 Å². The van der Waals surface area contributed by atoms with E-state index in [1.807, 2.05) is 13.8 Å². The Balaban J connectivity index is 3.85. The third-order valence-corrected chi connectivity index (χ3v) is 2.58. The highest BCUT2D eigenvalue weighted by molar-refractivity contribution is 5.67. The highest BCUT2D eigenvalue weighted by Gasteiger charge is 2.22. The summed E-state index contributed by atoms with van der Waals surface area (Å²) in [5, 5.41) is 21.5. The summed E-state index contributed by atoms with van der Waals surface area (Å²) in [6.45, 7) is 6.11. The highest BCUT2D eigenvalue weighted by Crippen LogP contribution is 2.13. The first kappa shape index (κ1) is 13.4. The standard InChI is InChI=1S/C10H21NO3/c1-4-10(14,5-2)7-11-8(3)6-9(12)13/h8,11,14H,4-7H2,1-3H3,(H,12,13). The molecule has 0 radical (unpaired) electrons. The minimum Gasteiger partial charge on any atom is -0.481 e. The van der Waals surface area contributed by atoms with Crippen molar-refractivity contribution in [1.29, 1.82) is 0 Å². The van der Waals surface area contributed by atoms with Crippen LogP contribution in [0.3, 0.4) is 0 Å². The second-order valence-corrected chi connectivity index (χ2v) is 3.81. The van der Waals surface area contributed by atoms with Crippen LogP contribution in [0.5, 0.6) is 0 Å². The number of nitrogens with one attached hydrogen (secondary N) is 1. The first-order valence-corrected chi connectivity index (χ1v) is 5.11. The largest absolute Gasteiger partial charge is 0.481 e. The van der Waals surface area contributed by atoms with Crippen LogP contribution >= 0.6 is 0 Å². The van der Waals surface area contributed by atoms with Crippen LogP contribution in [0.4, 0.5) is 0 Å². The van der Waals surface area contributed by atoms with Gasteiger partial charge in [0.1, 0.15) is 0 Å². The third-order valence-electron chi connectivity index (χ3n) is 2.58. The van der Waals surface area contributed by atoms with Gasteiger partial charge in [0, 0.05) is 12.6 Å². The van der Waals surface area contributed by atoms with Gasteiger partial charge in [0.05, 0.1) is 12.0 Å². The first-order valence-electron chi connectivity index (χ1n) is 5.11. The number of carbonyl (C=O) groups is 1. The van der Waals surface area contributed by atoms with Gasteiger partial charge in [-0.25, -0.2) is 0 Å². The number of rotatable bonds is 7. The van der Waals surface area contributed by atoms with Crippen LogP contribution in [0, 0.1) is 0 Å². The van der Waals surface area contributed by atoms with Gasteiger partial charge in [-0.1, -0.05) is 13.8 Å². The molecule has 1 atom stereocenters. The van der Waals surface area contributed by atoms with Crippen LogP contribution in [0.25, 0.3) is 0 Å². The molecular weight excluding hydrogens is 182 g/mol. The Morgan fingerprint density at radius 2 is 1.93 bits per heavy atom. The lowest BCUT2D eigenvalue weighted by Gasteiger charge is -2.27. The maximum atomic E-state index is 10.4. The van der Waals surface area contributed by atoms with Crippen molar-refractivity contribution in [3.8, 4) is 0 Å². The molecule has 0 saturated heterocycles. The summed E-state index contributed by atoms with van der Waals surface area (Å²) in [5.74, 6) is -0.818. The molecule has 0 spiro atoms. The van der Waals surface area contributed by atoms with Crippen molar-refractivity contribution >= 4 is 5.97 Å². The lowest BCUT2D eigenvalue weighted by Crippen LogP contribution is -2.43. The molecule has 0 aromatic carbocycles. The van der Waals surface area contributed by atoms with E-state index in [9.17, 15) is 9.90 Å². The van der Waals surface area contributed by atoms with Gasteiger partial charge in [-0.3, -0.25) is 4.79 Å². The molecule has 0 aliphatic heterocycles. The fourth-order valence-electron chi connectivity index (χ4n) is 1.20. The minimum absolute atomic E-state index is 0.0868. The monoisotopic (exact) mass is 203 g/mol. The van der Waals surface area contributed by atoms with Crippen LogP contribution < -0.4 is 5.32 Å². The molecule has 0 aliphatic rings. The second-order valence-electron chi connectivity index (χ2n) is 3.81. The van der Waals surface area contributed by atoms with Crippen LogP contribution in [0.15, 0.2) is 0 Å². The Labute approximate surface area is 85.3 Å². The third kappa shape index (κ3) is 5.19. The minimum atomic E-state index is -0.818. The predicted octanol–water partition coefficient (Wildman–Crippen LogP) is 0.990. The number of hydrogen-bond donors (Lipinski definition) is 3. The van der Waals surface area contributed by atoms with Crippen molar-refractivity contribution in [1.82, 2.24) is 5.32 Å². The predicted molar refractivity (Wildman–Crippen MR) is 55.2 cm³/mol. The van der Waals surface area contributed by atoms with Gasteiger partial charge in [-0.2, -0.15) is 0 Å². The Hall–Kier alpha value is -0.610. The molecule has 14 heavy (non-hydrogen) atoms. The smallest absolute Gasteiger partial charge is 0.304 e. The maximum absolute atomic E-state index is 10.4. The summed E-state index contributed by atoms with van der Waals surface area (Å²) in [4.78, 5) is 10.4. The number of carboxylic acids is 1. The van der Waals surface area contributed by atoms with Gasteiger partial charge >= 0.3 is 5.97 Å². The zero-order valence-electron chi connectivity index (χ0n) is 9.21. The van der Waals surface area contributed by atoms with Gasteiger partial charge in [0.25, 0.3) is 0 Å². The summed E-state index contributed by atoms with van der Waals surface area (Å²) in [6, 6.07) is -0.0999. The Bertz CT molecular complexity index is 178. The van der Waals surface area contributed by atoms with Gasteiger partial charge in [0.15, 0.2) is 0 Å². The van der Waals surface area contributed by atoms with Gasteiger partial charge < -0.3 is 15.5 Å². The molecule has 4 heteroatoms. The molecule has 0 rings (SSSR count). The van der Waals surface area contributed by atoms with E-state index in [2.05, 4.69) is 5.32 Å². The number of carboxylic acid groups (broad SMARTS) is 1. The molecule has 4 nitrogen and oxygen atoms in total. The van der Waals surface area contributed by atoms with Gasteiger partial charge in [0.2, 0.25) is 0 Å². The zero-order valence-corrected chi connectivity index (χ0v) is 9.21. The molecule has 0 aromatic rings. The van der Waals surface area contributed by atoms with E-state index >= 15 is 0 Å². The van der Waals surface area contributed by atoms with E-state index in [1.54, 1.807) is 6.92 Å². The molecule has 0 bridgehead atoms. The topological polar surface area (TPSA) is 69.6 Å².